The van der Waals surface area contributed by atoms with Gasteiger partial charge in [0.25, 0.3) is 0 Å². The zero-order valence-electron chi connectivity index (χ0n) is 16.9. The average molecular weight is 385 g/mol. The molecule has 0 aromatic rings. The van der Waals surface area contributed by atoms with Crippen LogP contribution in [0.3, 0.4) is 0 Å². The van der Waals surface area contributed by atoms with Crippen LogP contribution in [0.15, 0.2) is 17.3 Å². The summed E-state index contributed by atoms with van der Waals surface area (Å²) in [4.78, 5) is 31.3. The summed E-state index contributed by atoms with van der Waals surface area (Å²) in [6.45, 7) is 8.66. The minimum atomic E-state index is -0.0401. The fraction of sp³-hybridized carbons (Fsp3) is 0.783. The van der Waals surface area contributed by atoms with E-state index in [0.29, 0.717) is 42.2 Å². The Kier molecular flexibility index (Phi) is 4.49. The average Bonchev–Trinajstić information content (AvgIpc) is 3.31. The van der Waals surface area contributed by atoms with E-state index in [9.17, 15) is 9.59 Å². The number of hydrogen-bond acceptors (Lipinski definition) is 5. The molecule has 5 heteroatoms. The van der Waals surface area contributed by atoms with Gasteiger partial charge in [-0.25, -0.2) is 0 Å². The van der Waals surface area contributed by atoms with Crippen molar-refractivity contribution in [1.82, 2.24) is 5.32 Å². The summed E-state index contributed by atoms with van der Waals surface area (Å²) >= 11 is 0. The van der Waals surface area contributed by atoms with Gasteiger partial charge >= 0.3 is 0 Å². The molecule has 0 radical (unpaired) electrons. The molecular weight excluding hydrogens is 352 g/mol. The Morgan fingerprint density at radius 1 is 1.11 bits per heavy atom. The van der Waals surface area contributed by atoms with E-state index in [2.05, 4.69) is 24.0 Å². The van der Waals surface area contributed by atoms with Crippen molar-refractivity contribution in [3.63, 3.8) is 0 Å². The normalized spacial score (nSPS) is 47.0. The molecule has 0 aromatic heterocycles. The molecule has 5 aliphatic rings. The highest BCUT2D eigenvalue weighted by Crippen LogP contribution is 2.62. The molecule has 28 heavy (non-hydrogen) atoms. The van der Waals surface area contributed by atoms with Crippen LogP contribution >= 0.6 is 0 Å². The van der Waals surface area contributed by atoms with Gasteiger partial charge in [-0.15, -0.1) is 0 Å². The Labute approximate surface area is 167 Å². The molecule has 4 saturated carbocycles. The third kappa shape index (κ3) is 2.80. The van der Waals surface area contributed by atoms with Gasteiger partial charge in [-0.3, -0.25) is 9.59 Å². The molecule has 0 amide bonds. The minimum Gasteiger partial charge on any atom is -0.391 e. The second-order valence-electron chi connectivity index (χ2n) is 10.1. The molecule has 4 aliphatic carbocycles. The molecule has 0 spiro atoms. The summed E-state index contributed by atoms with van der Waals surface area (Å²) in [7, 11) is 0. The first-order valence-corrected chi connectivity index (χ1v) is 11.1. The fourth-order valence-corrected chi connectivity index (χ4v) is 7.20. The molecule has 6 unspecified atom stereocenters. The third-order valence-corrected chi connectivity index (χ3v) is 8.64. The molecule has 5 fully saturated rings. The van der Waals surface area contributed by atoms with Crippen LogP contribution in [0.1, 0.15) is 58.3 Å². The van der Waals surface area contributed by atoms with Crippen molar-refractivity contribution in [2.75, 3.05) is 13.1 Å². The third-order valence-electron chi connectivity index (χ3n) is 8.64. The van der Waals surface area contributed by atoms with Gasteiger partial charge in [-0.05, 0) is 61.8 Å². The minimum absolute atomic E-state index is 0.00386. The summed E-state index contributed by atoms with van der Waals surface area (Å²) in [5.74, 6) is 1.79. The second kappa shape index (κ2) is 6.79. The first-order valence-electron chi connectivity index (χ1n) is 11.1. The van der Waals surface area contributed by atoms with Gasteiger partial charge < -0.3 is 10.2 Å². The van der Waals surface area contributed by atoms with Gasteiger partial charge in [0.05, 0.1) is 5.71 Å². The lowest BCUT2D eigenvalue weighted by Gasteiger charge is -2.57. The molecule has 7 atom stereocenters. The summed E-state index contributed by atoms with van der Waals surface area (Å²) in [5.41, 5.74) is 2.36. The maximum Gasteiger partial charge on any atom is 0.141 e. The molecule has 1 saturated heterocycles. The number of oxime groups is 1. The number of fused-ring (bicyclic) bond motifs is 5. The Morgan fingerprint density at radius 3 is 2.75 bits per heavy atom. The van der Waals surface area contributed by atoms with Gasteiger partial charge in [0, 0.05) is 37.6 Å². The number of Topliss-reactive ketones (excluding diaryl/α,β-unsaturated/α-hetero) is 2. The Morgan fingerprint density at radius 2 is 1.96 bits per heavy atom. The van der Waals surface area contributed by atoms with E-state index < -0.39 is 0 Å². The maximum atomic E-state index is 13.2. The first kappa shape index (κ1) is 18.5. The van der Waals surface area contributed by atoms with Crippen molar-refractivity contribution in [2.24, 2.45) is 40.2 Å². The lowest BCUT2D eigenvalue weighted by Crippen LogP contribution is -2.55. The van der Waals surface area contributed by atoms with E-state index in [4.69, 9.17) is 4.84 Å². The van der Waals surface area contributed by atoms with E-state index in [1.54, 1.807) is 0 Å². The largest absolute Gasteiger partial charge is 0.391 e. The lowest BCUT2D eigenvalue weighted by atomic mass is 9.46. The highest BCUT2D eigenvalue weighted by atomic mass is 16.6. The Hall–Kier alpha value is -1.49. The molecule has 1 heterocycles. The van der Waals surface area contributed by atoms with Crippen LogP contribution in [-0.2, 0) is 14.4 Å². The number of rotatable bonds is 2. The van der Waals surface area contributed by atoms with Crippen LogP contribution in [0.25, 0.3) is 0 Å². The molecule has 0 aromatic carbocycles. The predicted molar refractivity (Wildman–Crippen MR) is 107 cm³/mol. The van der Waals surface area contributed by atoms with Crippen LogP contribution < -0.4 is 5.32 Å². The number of hydrogen-bond donors (Lipinski definition) is 1. The van der Waals surface area contributed by atoms with Gasteiger partial charge in [0.15, 0.2) is 0 Å². The van der Waals surface area contributed by atoms with Crippen molar-refractivity contribution in [3.05, 3.63) is 12.2 Å². The van der Waals surface area contributed by atoms with Gasteiger partial charge in [0.1, 0.15) is 17.7 Å². The van der Waals surface area contributed by atoms with Crippen LogP contribution in [0.5, 0.6) is 0 Å². The van der Waals surface area contributed by atoms with Crippen LogP contribution in [0, 0.1) is 35.0 Å². The van der Waals surface area contributed by atoms with Crippen LogP contribution in [0.4, 0.5) is 0 Å². The molecule has 152 valence electrons. The molecule has 1 aliphatic heterocycles. The molecular formula is C23H32N2O3. The number of carbonyl (C=O) groups excluding carboxylic acids is 2. The summed E-state index contributed by atoms with van der Waals surface area (Å²) in [5, 5.41) is 7.82. The molecule has 0 bridgehead atoms. The quantitative estimate of drug-likeness (QED) is 0.586. The van der Waals surface area contributed by atoms with E-state index in [1.165, 1.54) is 5.57 Å². The molecule has 5 rings (SSSR count). The van der Waals surface area contributed by atoms with E-state index in [-0.39, 0.29) is 23.4 Å². The Balaban J connectivity index is 1.37. The highest BCUT2D eigenvalue weighted by molar-refractivity contribution is 5.93. The Bertz CT molecular complexity index is 738. The number of nitrogens with zero attached hydrogens (tertiary/aromatic N) is 1. The van der Waals surface area contributed by atoms with Crippen LogP contribution in [-0.4, -0.2) is 36.5 Å². The van der Waals surface area contributed by atoms with Gasteiger partial charge in [-0.1, -0.05) is 24.2 Å². The second-order valence-corrected chi connectivity index (χ2v) is 10.1. The summed E-state index contributed by atoms with van der Waals surface area (Å²) in [6, 6.07) is 0. The van der Waals surface area contributed by atoms with Gasteiger partial charge in [-0.2, -0.15) is 0 Å². The SMILES string of the molecule is C=C1CC2C3CCC(=O)C3CC(=O)C2C2(C)CCC(=NOC3CCNC3)C[C@H]12. The van der Waals surface area contributed by atoms with E-state index in [0.717, 1.165) is 57.3 Å². The highest BCUT2D eigenvalue weighted by Gasteiger charge is 2.60. The number of nitrogens with one attached hydrogen (secondary N) is 1. The smallest absolute Gasteiger partial charge is 0.141 e. The number of allylic oxidation sites excluding steroid dienone is 1. The fourth-order valence-electron chi connectivity index (χ4n) is 7.20. The topological polar surface area (TPSA) is 67.8 Å². The van der Waals surface area contributed by atoms with E-state index in [1.807, 2.05) is 0 Å². The van der Waals surface area contributed by atoms with Crippen molar-refractivity contribution < 1.29 is 14.4 Å². The monoisotopic (exact) mass is 384 g/mol. The summed E-state index contributed by atoms with van der Waals surface area (Å²) in [6.07, 6.45) is 7.00. The van der Waals surface area contributed by atoms with Crippen LogP contribution in [0.2, 0.25) is 0 Å². The lowest BCUT2D eigenvalue weighted by molar-refractivity contribution is -0.146. The number of carbonyl (C=O) groups is 2. The maximum absolute atomic E-state index is 13.2. The van der Waals surface area contributed by atoms with Crippen molar-refractivity contribution in [2.45, 2.75) is 64.4 Å². The zero-order valence-corrected chi connectivity index (χ0v) is 16.9. The van der Waals surface area contributed by atoms with Gasteiger partial charge in [0.2, 0.25) is 0 Å². The zero-order chi connectivity index (χ0) is 19.5. The predicted octanol–water partition coefficient (Wildman–Crippen LogP) is 3.29. The summed E-state index contributed by atoms with van der Waals surface area (Å²) < 4.78 is 0. The van der Waals surface area contributed by atoms with Crippen molar-refractivity contribution in [3.8, 4) is 0 Å². The van der Waals surface area contributed by atoms with Crippen molar-refractivity contribution >= 4 is 17.3 Å². The molecule has 5 nitrogen and oxygen atoms in total. The van der Waals surface area contributed by atoms with Crippen molar-refractivity contribution in [1.29, 1.82) is 0 Å². The molecule has 1 N–H and O–H groups in total. The standard InChI is InChI=1S/C23H32N2O3/c1-13-9-18-16-3-4-20(26)17(16)11-21(27)22(18)23(2)7-5-14(10-19(13)23)25-28-15-6-8-24-12-15/h15-19,22,24H,1,3-12H2,2H3/t15?,16?,17?,18?,19-,22?,23?/m1/s1. The van der Waals surface area contributed by atoms with E-state index >= 15 is 0 Å². The first-order chi connectivity index (χ1) is 13.5. The number of ketones is 2.